The average Bonchev–Trinajstić information content (AvgIpc) is 2.18. The number of hydrogen-bond acceptors (Lipinski definition) is 3. The molecule has 16 heavy (non-hydrogen) atoms. The van der Waals surface area contributed by atoms with Gasteiger partial charge in [-0.3, -0.25) is 0 Å². The van der Waals surface area contributed by atoms with E-state index in [0.717, 1.165) is 6.07 Å². The van der Waals surface area contributed by atoms with E-state index in [-0.39, 0.29) is 5.56 Å². The molecule has 0 radical (unpaired) electrons. The van der Waals surface area contributed by atoms with Gasteiger partial charge in [-0.2, -0.15) is 0 Å². The summed E-state index contributed by atoms with van der Waals surface area (Å²) in [4.78, 5) is 0. The molecule has 0 aliphatic heterocycles. The van der Waals surface area contributed by atoms with Crippen molar-refractivity contribution in [1.82, 2.24) is 0 Å². The molecular weight excluding hydrogens is 223 g/mol. The Morgan fingerprint density at radius 1 is 1.44 bits per heavy atom. The number of alkyl halides is 3. The van der Waals surface area contributed by atoms with Crippen molar-refractivity contribution in [3.63, 3.8) is 0 Å². The summed E-state index contributed by atoms with van der Waals surface area (Å²) < 4.78 is 39.6. The summed E-state index contributed by atoms with van der Waals surface area (Å²) in [5.41, 5.74) is 5.87. The van der Waals surface area contributed by atoms with Crippen LogP contribution < -0.4 is 10.5 Å². The van der Waals surface area contributed by atoms with E-state index < -0.39 is 23.9 Å². The third-order valence-electron chi connectivity index (χ3n) is 2.10. The number of rotatable bonds is 3. The summed E-state index contributed by atoms with van der Waals surface area (Å²) in [7, 11) is 0. The molecule has 1 aromatic rings. The predicted octanol–water partition coefficient (Wildman–Crippen LogP) is 2.70. The minimum atomic E-state index is -4.83. The lowest BCUT2D eigenvalue weighted by molar-refractivity contribution is -0.275. The van der Waals surface area contributed by atoms with E-state index >= 15 is 0 Å². The number of nitrogens with two attached hydrogens (primary N) is 1. The van der Waals surface area contributed by atoms with Crippen molar-refractivity contribution < 1.29 is 23.0 Å². The Morgan fingerprint density at radius 2 is 2.06 bits per heavy atom. The largest absolute Gasteiger partial charge is 0.573 e. The van der Waals surface area contributed by atoms with Gasteiger partial charge in [-0.25, -0.2) is 0 Å². The smallest absolute Gasteiger partial charge is 0.504 e. The van der Waals surface area contributed by atoms with Gasteiger partial charge in [-0.1, -0.05) is 19.1 Å². The predicted molar refractivity (Wildman–Crippen MR) is 52.0 cm³/mol. The van der Waals surface area contributed by atoms with Crippen LogP contribution in [-0.4, -0.2) is 11.5 Å². The van der Waals surface area contributed by atoms with E-state index in [1.54, 1.807) is 6.92 Å². The standard InChI is InChI=1S/C10H12F3NO2/c1-2-7(14)6-4-3-5-8(9(6)15)16-10(11,12)13/h3-5,7,15H,2,14H2,1H3/t7-/m0/s1. The lowest BCUT2D eigenvalue weighted by Gasteiger charge is -2.15. The van der Waals surface area contributed by atoms with Crippen molar-refractivity contribution in [2.45, 2.75) is 25.7 Å². The van der Waals surface area contributed by atoms with Gasteiger partial charge in [0.2, 0.25) is 0 Å². The molecule has 0 heterocycles. The fourth-order valence-electron chi connectivity index (χ4n) is 1.27. The molecule has 0 bridgehead atoms. The van der Waals surface area contributed by atoms with Gasteiger partial charge in [-0.15, -0.1) is 13.2 Å². The van der Waals surface area contributed by atoms with E-state index in [0.29, 0.717) is 6.42 Å². The van der Waals surface area contributed by atoms with Crippen molar-refractivity contribution in [2.75, 3.05) is 0 Å². The van der Waals surface area contributed by atoms with Crippen LogP contribution >= 0.6 is 0 Å². The molecule has 0 amide bonds. The van der Waals surface area contributed by atoms with E-state index in [9.17, 15) is 18.3 Å². The Bertz CT molecular complexity index is 366. The molecular formula is C10H12F3NO2. The van der Waals surface area contributed by atoms with Gasteiger partial charge in [-0.05, 0) is 12.5 Å². The maximum absolute atomic E-state index is 12.0. The second kappa shape index (κ2) is 4.61. The first-order valence-electron chi connectivity index (χ1n) is 4.68. The number of phenolic OH excluding ortho intramolecular Hbond substituents is 1. The van der Waals surface area contributed by atoms with Gasteiger partial charge in [0.25, 0.3) is 0 Å². The quantitative estimate of drug-likeness (QED) is 0.846. The van der Waals surface area contributed by atoms with Crippen LogP contribution in [0, 0.1) is 0 Å². The molecule has 3 nitrogen and oxygen atoms in total. The molecule has 0 saturated carbocycles. The summed E-state index contributed by atoms with van der Waals surface area (Å²) in [5.74, 6) is -1.19. The lowest BCUT2D eigenvalue weighted by Crippen LogP contribution is -2.18. The third-order valence-corrected chi connectivity index (χ3v) is 2.10. The number of para-hydroxylation sites is 1. The summed E-state index contributed by atoms with van der Waals surface area (Å²) in [6.07, 6.45) is -4.32. The molecule has 0 unspecified atom stereocenters. The molecule has 6 heteroatoms. The molecule has 0 fully saturated rings. The third kappa shape index (κ3) is 3.03. The molecule has 90 valence electrons. The van der Waals surface area contributed by atoms with Gasteiger partial charge in [0, 0.05) is 11.6 Å². The zero-order valence-corrected chi connectivity index (χ0v) is 8.58. The Hall–Kier alpha value is -1.43. The zero-order valence-electron chi connectivity index (χ0n) is 8.58. The van der Waals surface area contributed by atoms with E-state index in [2.05, 4.69) is 4.74 Å². The number of ether oxygens (including phenoxy) is 1. The number of halogens is 3. The highest BCUT2D eigenvalue weighted by Gasteiger charge is 2.32. The summed E-state index contributed by atoms with van der Waals surface area (Å²) in [6, 6.07) is 3.34. The highest BCUT2D eigenvalue weighted by atomic mass is 19.4. The topological polar surface area (TPSA) is 55.5 Å². The van der Waals surface area contributed by atoms with Crippen LogP contribution in [0.15, 0.2) is 18.2 Å². The van der Waals surface area contributed by atoms with E-state index in [1.165, 1.54) is 12.1 Å². The maximum atomic E-state index is 12.0. The van der Waals surface area contributed by atoms with Gasteiger partial charge in [0.05, 0.1) is 0 Å². The van der Waals surface area contributed by atoms with E-state index in [1.807, 2.05) is 0 Å². The minimum Gasteiger partial charge on any atom is -0.504 e. The van der Waals surface area contributed by atoms with Crippen LogP contribution in [0.5, 0.6) is 11.5 Å². The first-order chi connectivity index (χ1) is 7.35. The van der Waals surface area contributed by atoms with Crippen LogP contribution in [0.4, 0.5) is 13.2 Å². The van der Waals surface area contributed by atoms with Gasteiger partial charge in [0.1, 0.15) is 0 Å². The minimum absolute atomic E-state index is 0.240. The van der Waals surface area contributed by atoms with Gasteiger partial charge < -0.3 is 15.6 Å². The van der Waals surface area contributed by atoms with Crippen molar-refractivity contribution >= 4 is 0 Å². The highest BCUT2D eigenvalue weighted by Crippen LogP contribution is 2.36. The molecule has 1 aromatic carbocycles. The molecule has 0 aliphatic carbocycles. The molecule has 1 atom stereocenters. The Balaban J connectivity index is 3.04. The van der Waals surface area contributed by atoms with Crippen LogP contribution in [-0.2, 0) is 0 Å². The zero-order chi connectivity index (χ0) is 12.3. The first kappa shape index (κ1) is 12.6. The number of aromatic hydroxyl groups is 1. The first-order valence-corrected chi connectivity index (χ1v) is 4.68. The lowest BCUT2D eigenvalue weighted by atomic mass is 10.0. The molecule has 0 aliphatic rings. The summed E-state index contributed by atoms with van der Waals surface area (Å²) in [6.45, 7) is 1.77. The summed E-state index contributed by atoms with van der Waals surface area (Å²) >= 11 is 0. The molecule has 3 N–H and O–H groups in total. The van der Waals surface area contributed by atoms with Gasteiger partial charge in [0.15, 0.2) is 11.5 Å². The van der Waals surface area contributed by atoms with E-state index in [4.69, 9.17) is 5.73 Å². The van der Waals surface area contributed by atoms with Crippen molar-refractivity contribution in [3.8, 4) is 11.5 Å². The Morgan fingerprint density at radius 3 is 2.56 bits per heavy atom. The van der Waals surface area contributed by atoms with Crippen molar-refractivity contribution in [3.05, 3.63) is 23.8 Å². The molecule has 0 saturated heterocycles. The summed E-state index contributed by atoms with van der Waals surface area (Å²) in [5, 5.41) is 9.55. The van der Waals surface area contributed by atoms with Crippen molar-refractivity contribution in [1.29, 1.82) is 0 Å². The molecule has 0 spiro atoms. The molecule has 0 aromatic heterocycles. The van der Waals surface area contributed by atoms with Crippen LogP contribution in [0.1, 0.15) is 24.9 Å². The van der Waals surface area contributed by atoms with Crippen molar-refractivity contribution in [2.24, 2.45) is 5.73 Å². The Kier molecular flexibility index (Phi) is 3.64. The van der Waals surface area contributed by atoms with Gasteiger partial charge >= 0.3 is 6.36 Å². The number of benzene rings is 1. The maximum Gasteiger partial charge on any atom is 0.573 e. The Labute approximate surface area is 90.6 Å². The monoisotopic (exact) mass is 235 g/mol. The fourth-order valence-corrected chi connectivity index (χ4v) is 1.27. The fraction of sp³-hybridized carbons (Fsp3) is 0.400. The molecule has 1 rings (SSSR count). The number of hydrogen-bond donors (Lipinski definition) is 2. The SMILES string of the molecule is CC[C@H](N)c1cccc(OC(F)(F)F)c1O. The number of phenols is 1. The average molecular weight is 235 g/mol. The highest BCUT2D eigenvalue weighted by molar-refractivity contribution is 5.46. The normalized spacial score (nSPS) is 13.6. The second-order valence-corrected chi connectivity index (χ2v) is 3.26. The van der Waals surface area contributed by atoms with Crippen LogP contribution in [0.3, 0.4) is 0 Å². The van der Waals surface area contributed by atoms with Crippen LogP contribution in [0.2, 0.25) is 0 Å². The second-order valence-electron chi connectivity index (χ2n) is 3.26. The van der Waals surface area contributed by atoms with Crippen LogP contribution in [0.25, 0.3) is 0 Å².